The summed E-state index contributed by atoms with van der Waals surface area (Å²) in [6, 6.07) is 4.47. The van der Waals surface area contributed by atoms with Gasteiger partial charge in [0.1, 0.15) is 6.54 Å². The fourth-order valence-corrected chi connectivity index (χ4v) is 7.56. The zero-order chi connectivity index (χ0) is 27.7. The molecule has 2 fully saturated rings. The molecule has 5 heteroatoms. The van der Waals surface area contributed by atoms with Crippen LogP contribution in [0.3, 0.4) is 0 Å². The lowest BCUT2D eigenvalue weighted by Crippen LogP contribution is -2.44. The van der Waals surface area contributed by atoms with Crippen molar-refractivity contribution >= 4 is 28.4 Å². The molecule has 1 amide bonds. The molecule has 1 aromatic heterocycles. The number of carbonyl (C=O) groups is 3. The smallest absolute Gasteiger partial charge is 0.243 e. The molecule has 1 saturated heterocycles. The number of rotatable bonds is 6. The van der Waals surface area contributed by atoms with Crippen LogP contribution in [0.2, 0.25) is 0 Å². The molecule has 39 heavy (non-hydrogen) atoms. The molecule has 2 bridgehead atoms. The van der Waals surface area contributed by atoms with E-state index in [0.717, 1.165) is 55.8 Å². The van der Waals surface area contributed by atoms with E-state index >= 15 is 0 Å². The minimum atomic E-state index is -0.281. The minimum absolute atomic E-state index is 0.0392. The van der Waals surface area contributed by atoms with E-state index in [0.29, 0.717) is 17.9 Å². The Balaban J connectivity index is 1.55. The normalized spacial score (nSPS) is 26.1. The molecule has 0 N–H and O–H groups in total. The third-order valence-corrected chi connectivity index (χ3v) is 9.85. The van der Waals surface area contributed by atoms with Crippen molar-refractivity contribution in [3.63, 3.8) is 0 Å². The summed E-state index contributed by atoms with van der Waals surface area (Å²) in [4.78, 5) is 41.8. The maximum atomic E-state index is 14.0. The lowest BCUT2D eigenvalue weighted by Gasteiger charge is -2.27. The number of aryl methyl sites for hydroxylation is 2. The molecule has 1 aliphatic carbocycles. The van der Waals surface area contributed by atoms with Crippen LogP contribution in [0.25, 0.3) is 10.9 Å². The van der Waals surface area contributed by atoms with Gasteiger partial charge in [-0.3, -0.25) is 14.4 Å². The first kappa shape index (κ1) is 28.1. The molecule has 0 spiro atoms. The maximum absolute atomic E-state index is 14.0. The summed E-state index contributed by atoms with van der Waals surface area (Å²) in [6.07, 6.45) is 17.1. The van der Waals surface area contributed by atoms with Gasteiger partial charge in [0.05, 0.1) is 11.6 Å². The Labute approximate surface area is 234 Å². The van der Waals surface area contributed by atoms with Gasteiger partial charge >= 0.3 is 0 Å². The zero-order valence-electron chi connectivity index (χ0n) is 24.7. The van der Waals surface area contributed by atoms with Crippen LogP contribution in [0.15, 0.2) is 18.3 Å². The summed E-state index contributed by atoms with van der Waals surface area (Å²) in [5, 5.41) is 0.993. The standard InChI is InChI=1S/C34H48N2O3/c1-5-30(38)29-19-34-16-12-10-8-6-7-9-11-13-26-17-25(15-14-23(2)3)18-27-28(24(4)37)21-35(33(26)27)22-32(39)36(29)31(34)20-34/h17-18,21,23,29,31H,5-16,19-20,22H2,1-4H3/t29-,31+,34-/m0/s1. The molecule has 2 aliphatic heterocycles. The second-order valence-electron chi connectivity index (χ2n) is 13.2. The number of aromatic nitrogens is 1. The highest BCUT2D eigenvalue weighted by molar-refractivity contribution is 6.08. The average molecular weight is 533 g/mol. The van der Waals surface area contributed by atoms with Crippen LogP contribution < -0.4 is 0 Å². The van der Waals surface area contributed by atoms with E-state index in [1.807, 2.05) is 22.6 Å². The first-order chi connectivity index (χ1) is 18.7. The summed E-state index contributed by atoms with van der Waals surface area (Å²) in [7, 11) is 0. The summed E-state index contributed by atoms with van der Waals surface area (Å²) < 4.78 is 2.05. The SMILES string of the molecule is CCC(=O)[C@@H]1C[C@]23CCCCCCCCCc4cc(CCC(C)C)cc5c(C(C)=O)cn(c45)CC(=O)N1[C@@H]2C3. The highest BCUT2D eigenvalue weighted by atomic mass is 16.2. The van der Waals surface area contributed by atoms with Crippen LogP contribution in [-0.2, 0) is 29.0 Å². The van der Waals surface area contributed by atoms with Gasteiger partial charge in [-0.25, -0.2) is 0 Å². The van der Waals surface area contributed by atoms with Crippen molar-refractivity contribution < 1.29 is 14.4 Å². The van der Waals surface area contributed by atoms with E-state index in [1.54, 1.807) is 6.92 Å². The molecular formula is C34H48N2O3. The second-order valence-corrected chi connectivity index (χ2v) is 13.2. The number of amides is 1. The molecule has 0 radical (unpaired) electrons. The highest BCUT2D eigenvalue weighted by Gasteiger charge is 2.65. The van der Waals surface area contributed by atoms with Crippen LogP contribution in [0.1, 0.15) is 126 Å². The van der Waals surface area contributed by atoms with Crippen molar-refractivity contribution in [1.29, 1.82) is 0 Å². The molecule has 5 rings (SSSR count). The lowest BCUT2D eigenvalue weighted by atomic mass is 9.91. The zero-order valence-corrected chi connectivity index (χ0v) is 24.7. The van der Waals surface area contributed by atoms with E-state index in [4.69, 9.17) is 0 Å². The van der Waals surface area contributed by atoms with E-state index in [-0.39, 0.29) is 41.5 Å². The second kappa shape index (κ2) is 11.6. The van der Waals surface area contributed by atoms with Crippen LogP contribution in [-0.4, -0.2) is 39.0 Å². The molecule has 3 atom stereocenters. The Morgan fingerprint density at radius 1 is 1.03 bits per heavy atom. The van der Waals surface area contributed by atoms with Crippen molar-refractivity contribution in [2.45, 2.75) is 136 Å². The van der Waals surface area contributed by atoms with E-state index < -0.39 is 0 Å². The van der Waals surface area contributed by atoms with Gasteiger partial charge < -0.3 is 9.47 Å². The summed E-state index contributed by atoms with van der Waals surface area (Å²) in [6.45, 7) is 8.25. The van der Waals surface area contributed by atoms with Gasteiger partial charge in [0.2, 0.25) is 5.91 Å². The van der Waals surface area contributed by atoms with E-state index in [9.17, 15) is 14.4 Å². The maximum Gasteiger partial charge on any atom is 0.243 e. The number of Topliss-reactive ketones (excluding diaryl/α,β-unsaturated/α-hetero) is 2. The van der Waals surface area contributed by atoms with Gasteiger partial charge in [0.15, 0.2) is 11.6 Å². The molecule has 0 unspecified atom stereocenters. The molecule has 5 nitrogen and oxygen atoms in total. The van der Waals surface area contributed by atoms with Gasteiger partial charge in [-0.05, 0) is 80.4 Å². The third kappa shape index (κ3) is 5.74. The van der Waals surface area contributed by atoms with Gasteiger partial charge in [0.25, 0.3) is 0 Å². The molecule has 3 aliphatic rings. The summed E-state index contributed by atoms with van der Waals surface area (Å²) in [5.41, 5.74) is 4.46. The van der Waals surface area contributed by atoms with Crippen LogP contribution in [0, 0.1) is 11.3 Å². The predicted octanol–water partition coefficient (Wildman–Crippen LogP) is 7.45. The molecular weight excluding hydrogens is 484 g/mol. The Hall–Kier alpha value is -2.43. The Kier molecular flexibility index (Phi) is 8.35. The van der Waals surface area contributed by atoms with Crippen LogP contribution in [0.4, 0.5) is 0 Å². The van der Waals surface area contributed by atoms with Crippen molar-refractivity contribution in [3.8, 4) is 0 Å². The van der Waals surface area contributed by atoms with Crippen LogP contribution in [0.5, 0.6) is 0 Å². The predicted molar refractivity (Wildman–Crippen MR) is 157 cm³/mol. The number of carbonyl (C=O) groups excluding carboxylic acids is 3. The number of hydrogen-bond donors (Lipinski definition) is 0. The average Bonchev–Trinajstić information content (AvgIpc) is 3.31. The number of hydrogen-bond acceptors (Lipinski definition) is 3. The number of ketones is 2. The quantitative estimate of drug-likeness (QED) is 0.363. The topological polar surface area (TPSA) is 59.4 Å². The molecule has 3 heterocycles. The largest absolute Gasteiger partial charge is 0.337 e. The number of benzene rings is 1. The number of nitrogens with zero attached hydrogens (tertiary/aromatic N) is 2. The van der Waals surface area contributed by atoms with Gasteiger partial charge in [0, 0.05) is 29.6 Å². The van der Waals surface area contributed by atoms with E-state index in [1.165, 1.54) is 49.7 Å². The molecule has 2 aromatic rings. The van der Waals surface area contributed by atoms with Gasteiger partial charge in [-0.15, -0.1) is 0 Å². The van der Waals surface area contributed by atoms with Gasteiger partial charge in [-0.1, -0.05) is 65.4 Å². The molecule has 212 valence electrons. The lowest BCUT2D eigenvalue weighted by molar-refractivity contribution is -0.139. The monoisotopic (exact) mass is 532 g/mol. The highest BCUT2D eigenvalue weighted by Crippen LogP contribution is 2.62. The van der Waals surface area contributed by atoms with Crippen LogP contribution >= 0.6 is 0 Å². The Morgan fingerprint density at radius 3 is 2.44 bits per heavy atom. The fraction of sp³-hybridized carbons (Fsp3) is 0.676. The minimum Gasteiger partial charge on any atom is -0.337 e. The summed E-state index contributed by atoms with van der Waals surface area (Å²) >= 11 is 0. The van der Waals surface area contributed by atoms with Crippen molar-refractivity contribution in [3.05, 3.63) is 35.0 Å². The van der Waals surface area contributed by atoms with E-state index in [2.05, 4.69) is 26.0 Å². The third-order valence-electron chi connectivity index (χ3n) is 9.85. The first-order valence-corrected chi connectivity index (χ1v) is 15.7. The molecule has 1 saturated carbocycles. The number of piperidine rings is 1. The van der Waals surface area contributed by atoms with Crippen molar-refractivity contribution in [2.24, 2.45) is 11.3 Å². The van der Waals surface area contributed by atoms with Crippen molar-refractivity contribution in [2.75, 3.05) is 0 Å². The molecule has 1 aromatic carbocycles. The first-order valence-electron chi connectivity index (χ1n) is 15.7. The van der Waals surface area contributed by atoms with Gasteiger partial charge in [-0.2, -0.15) is 0 Å². The Morgan fingerprint density at radius 2 is 1.74 bits per heavy atom. The van der Waals surface area contributed by atoms with Crippen molar-refractivity contribution in [1.82, 2.24) is 9.47 Å². The fourth-order valence-electron chi connectivity index (χ4n) is 7.56. The Bertz CT molecular complexity index is 1240. The summed E-state index contributed by atoms with van der Waals surface area (Å²) in [5.74, 6) is 0.899.